The Morgan fingerprint density at radius 2 is 2.18 bits per heavy atom. The number of sulfone groups is 1. The topological polar surface area (TPSA) is 89.0 Å². The van der Waals surface area contributed by atoms with Gasteiger partial charge in [0.05, 0.1) is 11.8 Å². The number of halogens is 1. The summed E-state index contributed by atoms with van der Waals surface area (Å²) in [6.07, 6.45) is 1.43. The van der Waals surface area contributed by atoms with Crippen molar-refractivity contribution >= 4 is 27.3 Å². The standard InChI is InChI=1S/C9H8ClN3O3S/c10-8-2-1-7(12-13-8)9(14)11-6-3-4-17(15,16)5-6/h1-4,6H,5H2,(H,11,14). The van der Waals surface area contributed by atoms with Gasteiger partial charge in [0.1, 0.15) is 0 Å². The molecule has 2 rings (SSSR count). The molecule has 0 radical (unpaired) electrons. The Labute approximate surface area is 103 Å². The van der Waals surface area contributed by atoms with Gasteiger partial charge in [0.25, 0.3) is 5.91 Å². The van der Waals surface area contributed by atoms with Crippen LogP contribution in [0.1, 0.15) is 10.5 Å². The quantitative estimate of drug-likeness (QED) is 0.830. The highest BCUT2D eigenvalue weighted by Gasteiger charge is 2.23. The molecule has 0 bridgehead atoms. The minimum atomic E-state index is -3.18. The summed E-state index contributed by atoms with van der Waals surface area (Å²) in [4.78, 5) is 11.6. The van der Waals surface area contributed by atoms with E-state index in [1.165, 1.54) is 18.2 Å². The van der Waals surface area contributed by atoms with Crippen molar-refractivity contribution in [3.8, 4) is 0 Å². The highest BCUT2D eigenvalue weighted by Crippen LogP contribution is 2.09. The summed E-state index contributed by atoms with van der Waals surface area (Å²) >= 11 is 5.53. The molecular weight excluding hydrogens is 266 g/mol. The average Bonchev–Trinajstić information content (AvgIpc) is 2.59. The summed E-state index contributed by atoms with van der Waals surface area (Å²) in [5.74, 6) is -0.611. The number of aromatic nitrogens is 2. The van der Waals surface area contributed by atoms with Crippen molar-refractivity contribution in [3.05, 3.63) is 34.5 Å². The highest BCUT2D eigenvalue weighted by atomic mass is 35.5. The first-order chi connectivity index (χ1) is 7.96. The van der Waals surface area contributed by atoms with Crippen LogP contribution < -0.4 is 5.32 Å². The number of hydrogen-bond donors (Lipinski definition) is 1. The van der Waals surface area contributed by atoms with Gasteiger partial charge in [-0.1, -0.05) is 11.6 Å². The van der Waals surface area contributed by atoms with E-state index in [2.05, 4.69) is 15.5 Å². The Kier molecular flexibility index (Phi) is 3.12. The lowest BCUT2D eigenvalue weighted by atomic mass is 10.3. The van der Waals surface area contributed by atoms with Gasteiger partial charge < -0.3 is 5.32 Å². The first kappa shape index (κ1) is 12.0. The lowest BCUT2D eigenvalue weighted by molar-refractivity contribution is 0.0941. The molecule has 1 amide bonds. The van der Waals surface area contributed by atoms with Crippen molar-refractivity contribution in [1.29, 1.82) is 0 Å². The number of amides is 1. The second-order valence-corrected chi connectivity index (χ2v) is 5.80. The number of carbonyl (C=O) groups is 1. The van der Waals surface area contributed by atoms with Crippen LogP contribution in [-0.2, 0) is 9.84 Å². The zero-order chi connectivity index (χ0) is 12.5. The fourth-order valence-corrected chi connectivity index (χ4v) is 2.68. The van der Waals surface area contributed by atoms with Gasteiger partial charge in [0.2, 0.25) is 0 Å². The van der Waals surface area contributed by atoms with Crippen LogP contribution in [0.25, 0.3) is 0 Å². The van der Waals surface area contributed by atoms with Crippen molar-refractivity contribution in [2.24, 2.45) is 0 Å². The Balaban J connectivity index is 2.04. The number of nitrogens with one attached hydrogen (secondary N) is 1. The molecule has 0 saturated heterocycles. The molecule has 1 unspecified atom stereocenters. The molecule has 0 aromatic carbocycles. The third-order valence-corrected chi connectivity index (χ3v) is 3.71. The van der Waals surface area contributed by atoms with E-state index in [4.69, 9.17) is 11.6 Å². The summed E-state index contributed by atoms with van der Waals surface area (Å²) in [7, 11) is -3.18. The van der Waals surface area contributed by atoms with Crippen molar-refractivity contribution in [3.63, 3.8) is 0 Å². The molecule has 90 valence electrons. The summed E-state index contributed by atoms with van der Waals surface area (Å²) in [6.45, 7) is 0. The van der Waals surface area contributed by atoms with E-state index in [0.29, 0.717) is 0 Å². The van der Waals surface area contributed by atoms with Crippen LogP contribution in [0.5, 0.6) is 0 Å². The lowest BCUT2D eigenvalue weighted by Gasteiger charge is -2.08. The zero-order valence-electron chi connectivity index (χ0n) is 8.50. The molecule has 1 atom stereocenters. The minimum absolute atomic E-state index is 0.0899. The van der Waals surface area contributed by atoms with Crippen LogP contribution in [0.2, 0.25) is 5.15 Å². The molecule has 17 heavy (non-hydrogen) atoms. The van der Waals surface area contributed by atoms with Crippen LogP contribution in [0.4, 0.5) is 0 Å². The predicted octanol–water partition coefficient (Wildman–Crippen LogP) is 0.171. The molecule has 6 nitrogen and oxygen atoms in total. The Hall–Kier alpha value is -1.47. The van der Waals surface area contributed by atoms with Crippen LogP contribution in [0, 0.1) is 0 Å². The summed E-state index contributed by atoms with van der Waals surface area (Å²) < 4.78 is 22.2. The van der Waals surface area contributed by atoms with Gasteiger partial charge in [-0.05, 0) is 18.2 Å². The predicted molar refractivity (Wildman–Crippen MR) is 61.2 cm³/mol. The van der Waals surface area contributed by atoms with E-state index in [0.717, 1.165) is 5.41 Å². The van der Waals surface area contributed by atoms with Gasteiger partial charge in [-0.15, -0.1) is 10.2 Å². The third-order valence-electron chi connectivity index (χ3n) is 2.11. The fraction of sp³-hybridized carbons (Fsp3) is 0.222. The first-order valence-corrected chi connectivity index (χ1v) is 6.77. The molecule has 1 aromatic rings. The number of rotatable bonds is 2. The van der Waals surface area contributed by atoms with Crippen molar-refractivity contribution in [2.75, 3.05) is 5.75 Å². The summed E-state index contributed by atoms with van der Waals surface area (Å²) in [5.41, 5.74) is 0.0899. The smallest absolute Gasteiger partial charge is 0.272 e. The normalized spacial score (nSPS) is 21.4. The molecule has 1 aliphatic heterocycles. The number of nitrogens with zero attached hydrogens (tertiary/aromatic N) is 2. The Morgan fingerprint density at radius 3 is 2.71 bits per heavy atom. The van der Waals surface area contributed by atoms with Crippen LogP contribution in [-0.4, -0.2) is 36.3 Å². The molecular formula is C9H8ClN3O3S. The maximum absolute atomic E-state index is 11.6. The average molecular weight is 274 g/mol. The fourth-order valence-electron chi connectivity index (χ4n) is 1.35. The molecule has 2 heterocycles. The molecule has 0 aliphatic carbocycles. The van der Waals surface area contributed by atoms with E-state index >= 15 is 0 Å². The van der Waals surface area contributed by atoms with Crippen LogP contribution in [0.15, 0.2) is 23.6 Å². The summed E-state index contributed by atoms with van der Waals surface area (Å²) in [6, 6.07) is 2.33. The van der Waals surface area contributed by atoms with E-state index < -0.39 is 21.8 Å². The first-order valence-electron chi connectivity index (χ1n) is 4.67. The van der Waals surface area contributed by atoms with E-state index in [1.54, 1.807) is 0 Å². The van der Waals surface area contributed by atoms with Crippen molar-refractivity contribution < 1.29 is 13.2 Å². The van der Waals surface area contributed by atoms with Gasteiger partial charge in [0.15, 0.2) is 20.7 Å². The highest BCUT2D eigenvalue weighted by molar-refractivity contribution is 7.94. The second kappa shape index (κ2) is 4.42. The largest absolute Gasteiger partial charge is 0.343 e. The zero-order valence-corrected chi connectivity index (χ0v) is 10.1. The maximum atomic E-state index is 11.6. The monoisotopic (exact) mass is 273 g/mol. The maximum Gasteiger partial charge on any atom is 0.272 e. The van der Waals surface area contributed by atoms with Gasteiger partial charge in [0, 0.05) is 5.41 Å². The third kappa shape index (κ3) is 3.01. The lowest BCUT2D eigenvalue weighted by Crippen LogP contribution is -2.36. The van der Waals surface area contributed by atoms with E-state index in [9.17, 15) is 13.2 Å². The van der Waals surface area contributed by atoms with Crippen molar-refractivity contribution in [1.82, 2.24) is 15.5 Å². The SMILES string of the molecule is O=C(NC1C=CS(=O)(=O)C1)c1ccc(Cl)nn1. The van der Waals surface area contributed by atoms with Crippen LogP contribution in [0.3, 0.4) is 0 Å². The van der Waals surface area contributed by atoms with E-state index in [-0.39, 0.29) is 16.6 Å². The van der Waals surface area contributed by atoms with Crippen molar-refractivity contribution in [2.45, 2.75) is 6.04 Å². The molecule has 8 heteroatoms. The van der Waals surface area contributed by atoms with Gasteiger partial charge in [-0.3, -0.25) is 4.79 Å². The molecule has 0 spiro atoms. The Morgan fingerprint density at radius 1 is 1.41 bits per heavy atom. The number of carbonyl (C=O) groups excluding carboxylic acids is 1. The van der Waals surface area contributed by atoms with Gasteiger partial charge >= 0.3 is 0 Å². The van der Waals surface area contributed by atoms with Crippen LogP contribution >= 0.6 is 11.6 Å². The molecule has 1 aromatic heterocycles. The number of hydrogen-bond acceptors (Lipinski definition) is 5. The van der Waals surface area contributed by atoms with Gasteiger partial charge in [-0.2, -0.15) is 0 Å². The van der Waals surface area contributed by atoms with E-state index in [1.807, 2.05) is 0 Å². The molecule has 0 fully saturated rings. The molecule has 0 saturated carbocycles. The minimum Gasteiger partial charge on any atom is -0.343 e. The van der Waals surface area contributed by atoms with Gasteiger partial charge in [-0.25, -0.2) is 8.42 Å². The Bertz CT molecular complexity index is 568. The molecule has 1 aliphatic rings. The molecule has 1 N–H and O–H groups in total. The second-order valence-electron chi connectivity index (χ2n) is 3.48. The summed E-state index contributed by atoms with van der Waals surface area (Å²) in [5, 5.41) is 10.9.